The molecule has 0 bridgehead atoms. The van der Waals surface area contributed by atoms with E-state index >= 15 is 0 Å². The number of rotatable bonds is 3. The summed E-state index contributed by atoms with van der Waals surface area (Å²) in [4.78, 5) is 0. The third-order valence-electron chi connectivity index (χ3n) is 2.27. The van der Waals surface area contributed by atoms with Gasteiger partial charge in [0.05, 0.1) is 12.4 Å². The summed E-state index contributed by atoms with van der Waals surface area (Å²) in [6.45, 7) is 3.95. The third-order valence-corrected chi connectivity index (χ3v) is 4.11. The lowest BCUT2D eigenvalue weighted by molar-refractivity contribution is 0.177. The maximum Gasteiger partial charge on any atom is 0.215 e. The third kappa shape index (κ3) is 3.20. The van der Waals surface area contributed by atoms with Crippen LogP contribution in [0.15, 0.2) is 0 Å². The molecule has 0 radical (unpaired) electrons. The quantitative estimate of drug-likeness (QED) is 0.683. The highest BCUT2D eigenvalue weighted by molar-refractivity contribution is 7.89. The van der Waals surface area contributed by atoms with Crippen LogP contribution >= 0.6 is 0 Å². The smallest absolute Gasteiger partial charge is 0.215 e. The zero-order valence-corrected chi connectivity index (χ0v) is 9.51. The minimum absolute atomic E-state index is 0.182. The summed E-state index contributed by atoms with van der Waals surface area (Å²) in [5.74, 6) is 0.182. The van der Waals surface area contributed by atoms with Crippen LogP contribution in [-0.2, 0) is 14.8 Å². The van der Waals surface area contributed by atoms with Crippen molar-refractivity contribution in [2.75, 3.05) is 39.1 Å². The second kappa shape index (κ2) is 5.06. The standard InChI is InChI=1S/C8H18N2O3S/c1-8-7-10(4-5-13-2)14(11,12)6-3-9-8/h8-9H,3-7H2,1-2H3. The molecule has 0 saturated carbocycles. The highest BCUT2D eigenvalue weighted by Gasteiger charge is 2.26. The summed E-state index contributed by atoms with van der Waals surface area (Å²) in [5.41, 5.74) is 0. The molecular weight excluding hydrogens is 204 g/mol. The molecule has 5 nitrogen and oxygen atoms in total. The van der Waals surface area contributed by atoms with Crippen molar-refractivity contribution in [3.8, 4) is 0 Å². The molecule has 1 saturated heterocycles. The molecule has 0 aromatic heterocycles. The second-order valence-electron chi connectivity index (χ2n) is 3.52. The van der Waals surface area contributed by atoms with E-state index in [-0.39, 0.29) is 11.8 Å². The highest BCUT2D eigenvalue weighted by atomic mass is 32.2. The molecule has 0 aromatic rings. The predicted molar refractivity (Wildman–Crippen MR) is 54.7 cm³/mol. The lowest BCUT2D eigenvalue weighted by Crippen LogP contribution is -2.39. The van der Waals surface area contributed by atoms with Crippen molar-refractivity contribution in [2.45, 2.75) is 13.0 Å². The zero-order valence-electron chi connectivity index (χ0n) is 8.69. The van der Waals surface area contributed by atoms with Gasteiger partial charge >= 0.3 is 0 Å². The summed E-state index contributed by atoms with van der Waals surface area (Å²) in [5, 5.41) is 3.14. The molecule has 1 atom stereocenters. The van der Waals surface area contributed by atoms with Gasteiger partial charge < -0.3 is 10.1 Å². The largest absolute Gasteiger partial charge is 0.383 e. The van der Waals surface area contributed by atoms with Gasteiger partial charge in [0.25, 0.3) is 0 Å². The van der Waals surface area contributed by atoms with Crippen molar-refractivity contribution in [1.82, 2.24) is 9.62 Å². The van der Waals surface area contributed by atoms with E-state index in [1.807, 2.05) is 6.92 Å². The molecule has 0 aromatic carbocycles. The zero-order chi connectivity index (χ0) is 10.6. The predicted octanol–water partition coefficient (Wildman–Crippen LogP) is -0.744. The second-order valence-corrected chi connectivity index (χ2v) is 5.61. The van der Waals surface area contributed by atoms with Crippen LogP contribution in [0.25, 0.3) is 0 Å². The van der Waals surface area contributed by atoms with E-state index < -0.39 is 10.0 Å². The normalized spacial score (nSPS) is 28.6. The summed E-state index contributed by atoms with van der Waals surface area (Å²) >= 11 is 0. The fraction of sp³-hybridized carbons (Fsp3) is 1.00. The number of ether oxygens (including phenoxy) is 1. The lowest BCUT2D eigenvalue weighted by Gasteiger charge is -2.20. The molecular formula is C8H18N2O3S. The van der Waals surface area contributed by atoms with Crippen LogP contribution in [0.5, 0.6) is 0 Å². The minimum atomic E-state index is -3.07. The van der Waals surface area contributed by atoms with Crippen molar-refractivity contribution in [3.63, 3.8) is 0 Å². The van der Waals surface area contributed by atoms with Crippen molar-refractivity contribution in [2.24, 2.45) is 0 Å². The Hall–Kier alpha value is -0.170. The Morgan fingerprint density at radius 3 is 2.93 bits per heavy atom. The molecule has 1 N–H and O–H groups in total. The fourth-order valence-electron chi connectivity index (χ4n) is 1.47. The number of hydrogen-bond donors (Lipinski definition) is 1. The van der Waals surface area contributed by atoms with Crippen LogP contribution in [0, 0.1) is 0 Å². The van der Waals surface area contributed by atoms with E-state index in [0.29, 0.717) is 26.2 Å². The maximum absolute atomic E-state index is 11.7. The Labute approximate surface area is 85.5 Å². The van der Waals surface area contributed by atoms with Gasteiger partial charge in [0.1, 0.15) is 0 Å². The minimum Gasteiger partial charge on any atom is -0.383 e. The number of hydrogen-bond acceptors (Lipinski definition) is 4. The summed E-state index contributed by atoms with van der Waals surface area (Å²) in [6, 6.07) is 0.212. The van der Waals surface area contributed by atoms with E-state index in [1.165, 1.54) is 4.31 Å². The van der Waals surface area contributed by atoms with Gasteiger partial charge in [-0.1, -0.05) is 0 Å². The molecule has 6 heteroatoms. The van der Waals surface area contributed by atoms with Gasteiger partial charge in [0.2, 0.25) is 10.0 Å². The first-order valence-electron chi connectivity index (χ1n) is 4.76. The van der Waals surface area contributed by atoms with Crippen LogP contribution in [-0.4, -0.2) is 57.9 Å². The number of nitrogens with one attached hydrogen (secondary N) is 1. The molecule has 1 aliphatic rings. The number of sulfonamides is 1. The van der Waals surface area contributed by atoms with Crippen molar-refractivity contribution in [1.29, 1.82) is 0 Å². The molecule has 14 heavy (non-hydrogen) atoms. The molecule has 1 aliphatic heterocycles. The monoisotopic (exact) mass is 222 g/mol. The van der Waals surface area contributed by atoms with Crippen molar-refractivity contribution in [3.05, 3.63) is 0 Å². The molecule has 0 spiro atoms. The first kappa shape index (κ1) is 11.9. The van der Waals surface area contributed by atoms with E-state index in [0.717, 1.165) is 0 Å². The van der Waals surface area contributed by atoms with Gasteiger partial charge in [-0.05, 0) is 6.92 Å². The average Bonchev–Trinajstić information content (AvgIpc) is 2.22. The topological polar surface area (TPSA) is 58.6 Å². The SMILES string of the molecule is COCCN1CC(C)NCCS1(=O)=O. The average molecular weight is 222 g/mol. The Kier molecular flexibility index (Phi) is 4.31. The summed E-state index contributed by atoms with van der Waals surface area (Å²) in [7, 11) is -1.50. The van der Waals surface area contributed by atoms with E-state index in [9.17, 15) is 8.42 Å². The van der Waals surface area contributed by atoms with Crippen LogP contribution in [0.3, 0.4) is 0 Å². The maximum atomic E-state index is 11.7. The molecule has 1 heterocycles. The molecule has 1 unspecified atom stereocenters. The summed E-state index contributed by atoms with van der Waals surface area (Å²) in [6.07, 6.45) is 0. The van der Waals surface area contributed by atoms with Crippen LogP contribution in [0.1, 0.15) is 6.92 Å². The van der Waals surface area contributed by atoms with Gasteiger partial charge in [-0.3, -0.25) is 0 Å². The first-order chi connectivity index (χ1) is 6.56. The van der Waals surface area contributed by atoms with Gasteiger partial charge in [-0.15, -0.1) is 0 Å². The fourth-order valence-corrected chi connectivity index (χ4v) is 2.91. The first-order valence-corrected chi connectivity index (χ1v) is 6.37. The Bertz CT molecular complexity index is 266. The van der Waals surface area contributed by atoms with Gasteiger partial charge in [-0.2, -0.15) is 4.31 Å². The van der Waals surface area contributed by atoms with E-state index in [1.54, 1.807) is 7.11 Å². The van der Waals surface area contributed by atoms with E-state index in [2.05, 4.69) is 5.32 Å². The van der Waals surface area contributed by atoms with E-state index in [4.69, 9.17) is 4.74 Å². The number of nitrogens with zero attached hydrogens (tertiary/aromatic N) is 1. The van der Waals surface area contributed by atoms with Gasteiger partial charge in [-0.25, -0.2) is 8.42 Å². The summed E-state index contributed by atoms with van der Waals surface area (Å²) < 4.78 is 29.8. The molecule has 84 valence electrons. The van der Waals surface area contributed by atoms with Crippen LogP contribution in [0.2, 0.25) is 0 Å². The van der Waals surface area contributed by atoms with Gasteiger partial charge in [0.15, 0.2) is 0 Å². The number of methoxy groups -OCH3 is 1. The highest BCUT2D eigenvalue weighted by Crippen LogP contribution is 2.06. The van der Waals surface area contributed by atoms with Crippen molar-refractivity contribution < 1.29 is 13.2 Å². The Balaban J connectivity index is 2.64. The van der Waals surface area contributed by atoms with Crippen molar-refractivity contribution >= 4 is 10.0 Å². The molecule has 1 rings (SSSR count). The van der Waals surface area contributed by atoms with Gasteiger partial charge in [0, 0.05) is 32.8 Å². The van der Waals surface area contributed by atoms with Crippen LogP contribution < -0.4 is 5.32 Å². The molecule has 1 fully saturated rings. The molecule has 0 amide bonds. The Morgan fingerprint density at radius 1 is 1.57 bits per heavy atom. The van der Waals surface area contributed by atoms with Crippen LogP contribution in [0.4, 0.5) is 0 Å². The molecule has 0 aliphatic carbocycles. The lowest BCUT2D eigenvalue weighted by atomic mass is 10.3. The Morgan fingerprint density at radius 2 is 2.29 bits per heavy atom.